The third-order valence-electron chi connectivity index (χ3n) is 3.31. The predicted octanol–water partition coefficient (Wildman–Crippen LogP) is 6.28. The van der Waals surface area contributed by atoms with Crippen LogP contribution >= 0.6 is 31.9 Å². The number of hydrogen-bond acceptors (Lipinski definition) is 0. The molecule has 0 N–H and O–H groups in total. The van der Waals surface area contributed by atoms with Crippen molar-refractivity contribution in [1.29, 1.82) is 0 Å². The Bertz CT molecular complexity index is 548. The van der Waals surface area contributed by atoms with Gasteiger partial charge in [0.2, 0.25) is 0 Å². The van der Waals surface area contributed by atoms with Gasteiger partial charge in [0, 0.05) is 8.95 Å². The fourth-order valence-corrected chi connectivity index (χ4v) is 3.76. The van der Waals surface area contributed by atoms with Crippen molar-refractivity contribution < 1.29 is 0 Å². The minimum absolute atomic E-state index is 0.245. The molecule has 18 heavy (non-hydrogen) atoms. The Kier molecular flexibility index (Phi) is 3.89. The Hall–Kier alpha value is -0.340. The van der Waals surface area contributed by atoms with Crippen LogP contribution in [0.4, 0.5) is 0 Å². The van der Waals surface area contributed by atoms with Crippen LogP contribution in [0.15, 0.2) is 38.8 Å². The Morgan fingerprint density at radius 3 is 2.39 bits per heavy atom. The molecule has 0 nitrogen and oxygen atoms in total. The van der Waals surface area contributed by atoms with Crippen molar-refractivity contribution in [2.45, 2.75) is 34.1 Å². The van der Waals surface area contributed by atoms with E-state index in [1.165, 1.54) is 26.7 Å². The maximum atomic E-state index is 3.72. The Balaban J connectivity index is 2.56. The highest BCUT2D eigenvalue weighted by atomic mass is 79.9. The van der Waals surface area contributed by atoms with E-state index in [4.69, 9.17) is 0 Å². The van der Waals surface area contributed by atoms with Crippen molar-refractivity contribution >= 4 is 37.4 Å². The van der Waals surface area contributed by atoms with Gasteiger partial charge >= 0.3 is 0 Å². The van der Waals surface area contributed by atoms with E-state index >= 15 is 0 Å². The van der Waals surface area contributed by atoms with Crippen LogP contribution in [0.1, 0.15) is 38.3 Å². The molecule has 0 aliphatic heterocycles. The zero-order valence-corrected chi connectivity index (χ0v) is 14.4. The minimum Gasteiger partial charge on any atom is -0.0719 e. The fraction of sp³-hybridized carbons (Fsp3) is 0.375. The van der Waals surface area contributed by atoms with Crippen LogP contribution in [0.25, 0.3) is 5.57 Å². The van der Waals surface area contributed by atoms with Crippen molar-refractivity contribution in [2.24, 2.45) is 5.41 Å². The van der Waals surface area contributed by atoms with Gasteiger partial charge < -0.3 is 0 Å². The standard InChI is InChI=1S/C16H18Br2/c1-10-7-12(9-16(3,4)8-10)13-5-6-14(17)11(2)15(13)18/h5-7,9H,8H2,1-4H3. The Morgan fingerprint density at radius 2 is 1.78 bits per heavy atom. The second-order valence-corrected chi connectivity index (χ2v) is 7.44. The summed E-state index contributed by atoms with van der Waals surface area (Å²) in [6, 6.07) is 4.30. The molecule has 1 aliphatic rings. The molecule has 0 atom stereocenters. The summed E-state index contributed by atoms with van der Waals surface area (Å²) in [5.74, 6) is 0. The summed E-state index contributed by atoms with van der Waals surface area (Å²) < 4.78 is 2.33. The third-order valence-corrected chi connectivity index (χ3v) is 5.19. The van der Waals surface area contributed by atoms with Crippen LogP contribution in [0, 0.1) is 12.3 Å². The molecule has 2 rings (SSSR count). The van der Waals surface area contributed by atoms with Gasteiger partial charge in [0.25, 0.3) is 0 Å². The molecular formula is C16H18Br2. The lowest BCUT2D eigenvalue weighted by Gasteiger charge is -2.27. The molecule has 1 aromatic carbocycles. The summed E-state index contributed by atoms with van der Waals surface area (Å²) in [6.45, 7) is 8.93. The SMILES string of the molecule is CC1=CC(c2ccc(Br)c(C)c2Br)=CC(C)(C)C1. The molecule has 0 saturated heterocycles. The number of rotatable bonds is 1. The van der Waals surface area contributed by atoms with Crippen molar-refractivity contribution in [2.75, 3.05) is 0 Å². The van der Waals surface area contributed by atoms with E-state index in [9.17, 15) is 0 Å². The van der Waals surface area contributed by atoms with E-state index in [-0.39, 0.29) is 5.41 Å². The molecule has 0 unspecified atom stereocenters. The second-order valence-electron chi connectivity index (χ2n) is 5.79. The topological polar surface area (TPSA) is 0 Å². The average molecular weight is 370 g/mol. The van der Waals surface area contributed by atoms with Crippen molar-refractivity contribution in [3.8, 4) is 0 Å². The first-order valence-electron chi connectivity index (χ1n) is 6.15. The van der Waals surface area contributed by atoms with Gasteiger partial charge in [0.05, 0.1) is 0 Å². The van der Waals surface area contributed by atoms with Gasteiger partial charge in [-0.25, -0.2) is 0 Å². The lowest BCUT2D eigenvalue weighted by molar-refractivity contribution is 0.472. The summed E-state index contributed by atoms with van der Waals surface area (Å²) in [4.78, 5) is 0. The Morgan fingerprint density at radius 1 is 1.11 bits per heavy atom. The van der Waals surface area contributed by atoms with E-state index in [2.05, 4.69) is 83.8 Å². The van der Waals surface area contributed by atoms with E-state index in [0.717, 1.165) is 10.9 Å². The normalized spacial score (nSPS) is 18.3. The van der Waals surface area contributed by atoms with Gasteiger partial charge in [0.15, 0.2) is 0 Å². The summed E-state index contributed by atoms with van der Waals surface area (Å²) in [5.41, 5.74) is 5.55. The molecule has 0 amide bonds. The molecule has 0 spiro atoms. The van der Waals surface area contributed by atoms with Crippen molar-refractivity contribution in [3.63, 3.8) is 0 Å². The summed E-state index contributed by atoms with van der Waals surface area (Å²) >= 11 is 7.30. The molecule has 96 valence electrons. The van der Waals surface area contributed by atoms with Crippen LogP contribution in [-0.2, 0) is 0 Å². The number of hydrogen-bond donors (Lipinski definition) is 0. The molecule has 0 fully saturated rings. The van der Waals surface area contributed by atoms with Crippen LogP contribution in [0.2, 0.25) is 0 Å². The molecule has 0 aromatic heterocycles. The smallest absolute Gasteiger partial charge is 0.0294 e. The lowest BCUT2D eigenvalue weighted by atomic mass is 9.78. The molecule has 0 heterocycles. The number of halogens is 2. The monoisotopic (exact) mass is 368 g/mol. The number of allylic oxidation sites excluding steroid dienone is 4. The summed E-state index contributed by atoms with van der Waals surface area (Å²) in [5, 5.41) is 0. The average Bonchev–Trinajstić information content (AvgIpc) is 2.23. The third kappa shape index (κ3) is 2.80. The highest BCUT2D eigenvalue weighted by Crippen LogP contribution is 2.40. The van der Waals surface area contributed by atoms with Crippen LogP contribution in [0.3, 0.4) is 0 Å². The van der Waals surface area contributed by atoms with Crippen molar-refractivity contribution in [3.05, 3.63) is 49.9 Å². The van der Waals surface area contributed by atoms with Crippen molar-refractivity contribution in [1.82, 2.24) is 0 Å². The van der Waals surface area contributed by atoms with Gasteiger partial charge in [0.1, 0.15) is 0 Å². The summed E-state index contributed by atoms with van der Waals surface area (Å²) in [6.07, 6.45) is 5.83. The maximum absolute atomic E-state index is 3.72. The molecule has 2 heteroatoms. The highest BCUT2D eigenvalue weighted by Gasteiger charge is 2.22. The largest absolute Gasteiger partial charge is 0.0719 e. The van der Waals surface area contributed by atoms with Gasteiger partial charge in [-0.3, -0.25) is 0 Å². The fourth-order valence-electron chi connectivity index (χ4n) is 2.59. The predicted molar refractivity (Wildman–Crippen MR) is 86.7 cm³/mol. The van der Waals surface area contributed by atoms with Crippen LogP contribution in [-0.4, -0.2) is 0 Å². The molecule has 1 aliphatic carbocycles. The van der Waals surface area contributed by atoms with E-state index in [1.807, 2.05) is 0 Å². The molecular weight excluding hydrogens is 352 g/mol. The van der Waals surface area contributed by atoms with Crippen LogP contribution < -0.4 is 0 Å². The highest BCUT2D eigenvalue weighted by molar-refractivity contribution is 9.11. The Labute approximate surface area is 126 Å². The van der Waals surface area contributed by atoms with Gasteiger partial charge in [-0.15, -0.1) is 0 Å². The summed E-state index contributed by atoms with van der Waals surface area (Å²) in [7, 11) is 0. The quantitative estimate of drug-likeness (QED) is 0.546. The first-order valence-corrected chi connectivity index (χ1v) is 7.74. The van der Waals surface area contributed by atoms with Gasteiger partial charge in [-0.1, -0.05) is 53.6 Å². The first-order chi connectivity index (χ1) is 8.30. The molecule has 0 bridgehead atoms. The first kappa shape index (κ1) is 14.1. The second kappa shape index (κ2) is 4.97. The van der Waals surface area contributed by atoms with Gasteiger partial charge in [-0.2, -0.15) is 0 Å². The zero-order chi connectivity index (χ0) is 13.5. The van der Waals surface area contributed by atoms with Crippen LogP contribution in [0.5, 0.6) is 0 Å². The number of benzene rings is 1. The van der Waals surface area contributed by atoms with E-state index < -0.39 is 0 Å². The molecule has 0 saturated carbocycles. The van der Waals surface area contributed by atoms with Gasteiger partial charge in [-0.05, 0) is 64.4 Å². The maximum Gasteiger partial charge on any atom is 0.0294 e. The molecule has 0 radical (unpaired) electrons. The van der Waals surface area contributed by atoms with E-state index in [0.29, 0.717) is 0 Å². The van der Waals surface area contributed by atoms with E-state index in [1.54, 1.807) is 0 Å². The zero-order valence-electron chi connectivity index (χ0n) is 11.3. The lowest BCUT2D eigenvalue weighted by Crippen LogP contribution is -2.12. The minimum atomic E-state index is 0.245. The molecule has 1 aromatic rings.